The fourth-order valence-electron chi connectivity index (χ4n) is 4.34. The van der Waals surface area contributed by atoms with Gasteiger partial charge in [-0.2, -0.15) is 0 Å². The SMILES string of the molecule is Cc1cc(C)cc(C(=O)N2CCC(Cn3cnc4cc(C)c(C)cc43)CC2)c1. The molecule has 2 heterocycles. The Morgan fingerprint density at radius 2 is 1.61 bits per heavy atom. The average molecular weight is 376 g/mol. The van der Waals surface area contributed by atoms with Crippen LogP contribution < -0.4 is 0 Å². The zero-order chi connectivity index (χ0) is 19.8. The molecular formula is C24H29N3O. The van der Waals surface area contributed by atoms with E-state index in [9.17, 15) is 4.79 Å². The first-order valence-corrected chi connectivity index (χ1v) is 10.2. The van der Waals surface area contributed by atoms with Crippen molar-refractivity contribution in [2.75, 3.05) is 13.1 Å². The summed E-state index contributed by atoms with van der Waals surface area (Å²) in [5.74, 6) is 0.756. The predicted octanol–water partition coefficient (Wildman–Crippen LogP) is 4.82. The maximum absolute atomic E-state index is 12.9. The van der Waals surface area contributed by atoms with Crippen LogP contribution in [0.2, 0.25) is 0 Å². The Labute approximate surface area is 167 Å². The van der Waals surface area contributed by atoms with Gasteiger partial charge in [0.1, 0.15) is 0 Å². The lowest BCUT2D eigenvalue weighted by Gasteiger charge is -2.32. The van der Waals surface area contributed by atoms with E-state index in [0.717, 1.165) is 54.7 Å². The Morgan fingerprint density at radius 3 is 2.29 bits per heavy atom. The second-order valence-electron chi connectivity index (χ2n) is 8.43. The lowest BCUT2D eigenvalue weighted by molar-refractivity contribution is 0.0683. The molecule has 0 radical (unpaired) electrons. The van der Waals surface area contributed by atoms with E-state index in [1.54, 1.807) is 0 Å². The number of likely N-dealkylation sites (tertiary alicyclic amines) is 1. The highest BCUT2D eigenvalue weighted by Crippen LogP contribution is 2.24. The van der Waals surface area contributed by atoms with Gasteiger partial charge in [0.2, 0.25) is 0 Å². The number of rotatable bonds is 3. The number of carbonyl (C=O) groups is 1. The van der Waals surface area contributed by atoms with Crippen LogP contribution in [0.1, 0.15) is 45.5 Å². The van der Waals surface area contributed by atoms with E-state index in [2.05, 4.69) is 55.4 Å². The number of imidazole rings is 1. The van der Waals surface area contributed by atoms with Crippen LogP contribution in [0.15, 0.2) is 36.7 Å². The van der Waals surface area contributed by atoms with E-state index in [-0.39, 0.29) is 5.91 Å². The number of amides is 1. The van der Waals surface area contributed by atoms with Gasteiger partial charge in [-0.3, -0.25) is 4.79 Å². The number of nitrogens with zero attached hydrogens (tertiary/aromatic N) is 3. The standard InChI is InChI=1S/C24H29N3O/c1-16-9-17(2)11-21(10-16)24(28)26-7-5-20(6-8-26)14-27-15-25-22-12-18(3)19(4)13-23(22)27/h9-13,15,20H,5-8,14H2,1-4H3. The Morgan fingerprint density at radius 1 is 0.964 bits per heavy atom. The predicted molar refractivity (Wildman–Crippen MR) is 114 cm³/mol. The van der Waals surface area contributed by atoms with E-state index in [1.807, 2.05) is 23.4 Å². The maximum Gasteiger partial charge on any atom is 0.253 e. The Kier molecular flexibility index (Phi) is 4.96. The number of aryl methyl sites for hydroxylation is 4. The molecule has 4 heteroatoms. The Balaban J connectivity index is 1.42. The summed E-state index contributed by atoms with van der Waals surface area (Å²) >= 11 is 0. The fraction of sp³-hybridized carbons (Fsp3) is 0.417. The molecule has 3 aromatic rings. The van der Waals surface area contributed by atoms with Gasteiger partial charge < -0.3 is 9.47 Å². The van der Waals surface area contributed by atoms with Crippen molar-refractivity contribution in [3.8, 4) is 0 Å². The molecule has 1 aliphatic rings. The second-order valence-corrected chi connectivity index (χ2v) is 8.43. The molecule has 0 aliphatic carbocycles. The Bertz CT molecular complexity index is 1010. The van der Waals surface area contributed by atoms with Crippen molar-refractivity contribution < 1.29 is 4.79 Å². The highest BCUT2D eigenvalue weighted by Gasteiger charge is 2.24. The third-order valence-corrected chi connectivity index (χ3v) is 6.06. The molecule has 0 atom stereocenters. The maximum atomic E-state index is 12.9. The van der Waals surface area contributed by atoms with Gasteiger partial charge in [0.05, 0.1) is 17.4 Å². The van der Waals surface area contributed by atoms with E-state index in [4.69, 9.17) is 0 Å². The second kappa shape index (κ2) is 7.42. The van der Waals surface area contributed by atoms with Crippen molar-refractivity contribution in [3.63, 3.8) is 0 Å². The normalized spacial score (nSPS) is 15.4. The highest BCUT2D eigenvalue weighted by molar-refractivity contribution is 5.94. The van der Waals surface area contributed by atoms with Gasteiger partial charge in [0.25, 0.3) is 5.91 Å². The smallest absolute Gasteiger partial charge is 0.253 e. The molecule has 1 aliphatic heterocycles. The van der Waals surface area contributed by atoms with Gasteiger partial charge >= 0.3 is 0 Å². The van der Waals surface area contributed by atoms with Crippen LogP contribution in [0.4, 0.5) is 0 Å². The minimum atomic E-state index is 0.171. The van der Waals surface area contributed by atoms with Crippen LogP contribution in [0, 0.1) is 33.6 Å². The van der Waals surface area contributed by atoms with Gasteiger partial charge in [-0.25, -0.2) is 4.98 Å². The first-order chi connectivity index (χ1) is 13.4. The molecule has 4 rings (SSSR count). The monoisotopic (exact) mass is 375 g/mol. The molecule has 0 spiro atoms. The lowest BCUT2D eigenvalue weighted by atomic mass is 9.95. The number of benzene rings is 2. The Hall–Kier alpha value is -2.62. The minimum absolute atomic E-state index is 0.171. The van der Waals surface area contributed by atoms with Gasteiger partial charge in [-0.1, -0.05) is 17.2 Å². The van der Waals surface area contributed by atoms with Crippen LogP contribution in [0.25, 0.3) is 11.0 Å². The fourth-order valence-corrected chi connectivity index (χ4v) is 4.34. The molecular weight excluding hydrogens is 346 g/mol. The highest BCUT2D eigenvalue weighted by atomic mass is 16.2. The molecule has 1 aromatic heterocycles. The number of hydrogen-bond donors (Lipinski definition) is 0. The average Bonchev–Trinajstić information content (AvgIpc) is 3.03. The molecule has 0 bridgehead atoms. The van der Waals surface area contributed by atoms with Crippen LogP contribution >= 0.6 is 0 Å². The first kappa shape index (κ1) is 18.7. The zero-order valence-electron chi connectivity index (χ0n) is 17.3. The van der Waals surface area contributed by atoms with E-state index in [1.165, 1.54) is 16.6 Å². The molecule has 4 nitrogen and oxygen atoms in total. The van der Waals surface area contributed by atoms with E-state index in [0.29, 0.717) is 5.92 Å². The van der Waals surface area contributed by atoms with Crippen LogP contribution in [-0.2, 0) is 6.54 Å². The van der Waals surface area contributed by atoms with Crippen molar-refractivity contribution in [1.82, 2.24) is 14.5 Å². The van der Waals surface area contributed by atoms with Crippen molar-refractivity contribution >= 4 is 16.9 Å². The van der Waals surface area contributed by atoms with Crippen molar-refractivity contribution in [3.05, 3.63) is 64.5 Å². The van der Waals surface area contributed by atoms with Crippen molar-refractivity contribution in [1.29, 1.82) is 0 Å². The molecule has 0 unspecified atom stereocenters. The van der Waals surface area contributed by atoms with Crippen LogP contribution in [0.5, 0.6) is 0 Å². The number of piperidine rings is 1. The van der Waals surface area contributed by atoms with Gasteiger partial charge in [0, 0.05) is 25.2 Å². The van der Waals surface area contributed by atoms with Crippen molar-refractivity contribution in [2.45, 2.75) is 47.1 Å². The number of hydrogen-bond acceptors (Lipinski definition) is 2. The zero-order valence-corrected chi connectivity index (χ0v) is 17.3. The third-order valence-electron chi connectivity index (χ3n) is 6.06. The summed E-state index contributed by atoms with van der Waals surface area (Å²) in [4.78, 5) is 19.5. The molecule has 0 saturated carbocycles. The first-order valence-electron chi connectivity index (χ1n) is 10.2. The molecule has 0 N–H and O–H groups in total. The number of aromatic nitrogens is 2. The molecule has 1 amide bonds. The van der Waals surface area contributed by atoms with Gasteiger partial charge in [-0.15, -0.1) is 0 Å². The van der Waals surface area contributed by atoms with Crippen LogP contribution in [0.3, 0.4) is 0 Å². The molecule has 1 saturated heterocycles. The molecule has 28 heavy (non-hydrogen) atoms. The molecule has 146 valence electrons. The summed E-state index contributed by atoms with van der Waals surface area (Å²) in [7, 11) is 0. The van der Waals surface area contributed by atoms with E-state index < -0.39 is 0 Å². The quantitative estimate of drug-likeness (QED) is 0.658. The molecule has 1 fully saturated rings. The molecule has 2 aromatic carbocycles. The number of fused-ring (bicyclic) bond motifs is 1. The summed E-state index contributed by atoms with van der Waals surface area (Å²) in [6.07, 6.45) is 4.05. The van der Waals surface area contributed by atoms with Crippen LogP contribution in [-0.4, -0.2) is 33.4 Å². The van der Waals surface area contributed by atoms with E-state index >= 15 is 0 Å². The number of carbonyl (C=O) groups excluding carboxylic acids is 1. The minimum Gasteiger partial charge on any atom is -0.339 e. The topological polar surface area (TPSA) is 38.1 Å². The van der Waals surface area contributed by atoms with Crippen molar-refractivity contribution in [2.24, 2.45) is 5.92 Å². The van der Waals surface area contributed by atoms with Gasteiger partial charge in [0.15, 0.2) is 0 Å². The summed E-state index contributed by atoms with van der Waals surface area (Å²) in [5, 5.41) is 0. The summed E-state index contributed by atoms with van der Waals surface area (Å²) in [5.41, 5.74) is 8.01. The lowest BCUT2D eigenvalue weighted by Crippen LogP contribution is -2.39. The summed E-state index contributed by atoms with van der Waals surface area (Å²) in [6.45, 7) is 11.0. The summed E-state index contributed by atoms with van der Waals surface area (Å²) in [6, 6.07) is 10.5. The van der Waals surface area contributed by atoms with Gasteiger partial charge in [-0.05, 0) is 81.8 Å². The largest absolute Gasteiger partial charge is 0.339 e. The summed E-state index contributed by atoms with van der Waals surface area (Å²) < 4.78 is 2.29. The third kappa shape index (κ3) is 3.68.